The second kappa shape index (κ2) is 5.18. The van der Waals surface area contributed by atoms with E-state index in [1.54, 1.807) is 24.3 Å². The first kappa shape index (κ1) is 14.1. The van der Waals surface area contributed by atoms with Gasteiger partial charge in [-0.2, -0.15) is 0 Å². The average Bonchev–Trinajstić information content (AvgIpc) is 3.12. The third kappa shape index (κ3) is 2.68. The quantitative estimate of drug-likeness (QED) is 0.891. The highest BCUT2D eigenvalue weighted by molar-refractivity contribution is 9.10. The van der Waals surface area contributed by atoms with Gasteiger partial charge in [0.2, 0.25) is 5.88 Å². The standard InChI is InChI=1S/C15H15BrN2O3/c1-8-6-10(8)7-18-14(20)12(13(19)17-15(18)21)9-2-4-11(16)5-3-9/h2-5,8,10,20H,6-7H2,1H3,(H,17,19,21). The molecule has 2 atom stereocenters. The lowest BCUT2D eigenvalue weighted by atomic mass is 10.1. The summed E-state index contributed by atoms with van der Waals surface area (Å²) in [4.78, 5) is 26.2. The Labute approximate surface area is 129 Å². The maximum absolute atomic E-state index is 12.0. The highest BCUT2D eigenvalue weighted by Gasteiger charge is 2.34. The Morgan fingerprint density at radius 3 is 2.52 bits per heavy atom. The molecule has 6 heteroatoms. The number of benzene rings is 1. The predicted molar refractivity (Wildman–Crippen MR) is 83.4 cm³/mol. The zero-order valence-electron chi connectivity index (χ0n) is 11.5. The number of hydrogen-bond acceptors (Lipinski definition) is 3. The minimum absolute atomic E-state index is 0.135. The highest BCUT2D eigenvalue weighted by atomic mass is 79.9. The normalized spacial score (nSPS) is 20.5. The van der Waals surface area contributed by atoms with Gasteiger partial charge in [-0.3, -0.25) is 14.3 Å². The molecule has 110 valence electrons. The molecule has 0 radical (unpaired) electrons. The van der Waals surface area contributed by atoms with Crippen molar-refractivity contribution in [3.63, 3.8) is 0 Å². The molecule has 21 heavy (non-hydrogen) atoms. The van der Waals surface area contributed by atoms with Gasteiger partial charge in [-0.15, -0.1) is 0 Å². The maximum Gasteiger partial charge on any atom is 0.331 e. The highest BCUT2D eigenvalue weighted by Crippen LogP contribution is 2.39. The minimum Gasteiger partial charge on any atom is -0.494 e. The summed E-state index contributed by atoms with van der Waals surface area (Å²) in [6.45, 7) is 2.54. The molecule has 2 aromatic rings. The first-order valence-corrected chi connectivity index (χ1v) is 7.58. The van der Waals surface area contributed by atoms with Crippen molar-refractivity contribution in [2.24, 2.45) is 11.8 Å². The summed E-state index contributed by atoms with van der Waals surface area (Å²) >= 11 is 3.33. The van der Waals surface area contributed by atoms with Gasteiger partial charge >= 0.3 is 5.69 Å². The molecule has 1 fully saturated rings. The Balaban J connectivity index is 2.11. The summed E-state index contributed by atoms with van der Waals surface area (Å²) in [5, 5.41) is 10.4. The van der Waals surface area contributed by atoms with E-state index < -0.39 is 11.2 Å². The van der Waals surface area contributed by atoms with E-state index in [4.69, 9.17) is 0 Å². The van der Waals surface area contributed by atoms with Crippen LogP contribution in [0.15, 0.2) is 38.3 Å². The zero-order valence-corrected chi connectivity index (χ0v) is 13.1. The SMILES string of the molecule is CC1CC1Cn1c(O)c(-c2ccc(Br)cc2)c(=O)[nH]c1=O. The Kier molecular flexibility index (Phi) is 3.49. The van der Waals surface area contributed by atoms with E-state index in [2.05, 4.69) is 27.8 Å². The van der Waals surface area contributed by atoms with Crippen LogP contribution < -0.4 is 11.2 Å². The first-order chi connectivity index (χ1) is 9.97. The van der Waals surface area contributed by atoms with Crippen LogP contribution in [0.25, 0.3) is 11.1 Å². The maximum atomic E-state index is 12.0. The molecule has 3 rings (SSSR count). The summed E-state index contributed by atoms with van der Waals surface area (Å²) in [6, 6.07) is 7.02. The monoisotopic (exact) mass is 350 g/mol. The molecule has 1 aliphatic carbocycles. The van der Waals surface area contributed by atoms with E-state index in [-0.39, 0.29) is 11.4 Å². The number of halogens is 1. The van der Waals surface area contributed by atoms with Crippen LogP contribution in [0.3, 0.4) is 0 Å². The number of aromatic hydroxyl groups is 1. The van der Waals surface area contributed by atoms with Crippen LogP contribution in [0.5, 0.6) is 5.88 Å². The van der Waals surface area contributed by atoms with Crippen LogP contribution >= 0.6 is 15.9 Å². The topological polar surface area (TPSA) is 75.1 Å². The third-order valence-corrected chi connectivity index (χ3v) is 4.53. The minimum atomic E-state index is -0.570. The summed E-state index contributed by atoms with van der Waals surface area (Å²) in [5.41, 5.74) is -0.415. The van der Waals surface area contributed by atoms with Crippen LogP contribution in [0, 0.1) is 11.8 Å². The third-order valence-electron chi connectivity index (χ3n) is 4.00. The Morgan fingerprint density at radius 2 is 1.95 bits per heavy atom. The molecule has 0 saturated heterocycles. The summed E-state index contributed by atoms with van der Waals surface area (Å²) in [7, 11) is 0. The van der Waals surface area contributed by atoms with Gasteiger partial charge in [0, 0.05) is 11.0 Å². The number of aromatic nitrogens is 2. The molecule has 1 saturated carbocycles. The van der Waals surface area contributed by atoms with E-state index in [1.807, 2.05) is 0 Å². The Hall–Kier alpha value is -1.82. The fraction of sp³-hybridized carbons (Fsp3) is 0.333. The van der Waals surface area contributed by atoms with Gasteiger partial charge in [-0.1, -0.05) is 35.0 Å². The number of nitrogens with one attached hydrogen (secondary N) is 1. The molecule has 1 heterocycles. The predicted octanol–water partition coefficient (Wildman–Crippen LogP) is 2.33. The van der Waals surface area contributed by atoms with Gasteiger partial charge < -0.3 is 5.11 Å². The van der Waals surface area contributed by atoms with Crippen LogP contribution in [-0.2, 0) is 6.54 Å². The van der Waals surface area contributed by atoms with Crippen molar-refractivity contribution in [1.82, 2.24) is 9.55 Å². The molecule has 1 aromatic carbocycles. The van der Waals surface area contributed by atoms with Crippen LogP contribution in [0.1, 0.15) is 13.3 Å². The fourth-order valence-electron chi connectivity index (χ4n) is 2.49. The first-order valence-electron chi connectivity index (χ1n) is 6.79. The Bertz CT molecular complexity index is 792. The lowest BCUT2D eigenvalue weighted by Gasteiger charge is -2.11. The van der Waals surface area contributed by atoms with Crippen LogP contribution in [0.4, 0.5) is 0 Å². The largest absolute Gasteiger partial charge is 0.494 e. The molecule has 2 unspecified atom stereocenters. The molecule has 1 aromatic heterocycles. The van der Waals surface area contributed by atoms with Gasteiger partial charge in [0.25, 0.3) is 5.56 Å². The zero-order chi connectivity index (χ0) is 15.1. The molecule has 2 N–H and O–H groups in total. The number of hydrogen-bond donors (Lipinski definition) is 2. The number of H-pyrrole nitrogens is 1. The molecule has 0 bridgehead atoms. The molecule has 1 aliphatic rings. The van der Waals surface area contributed by atoms with E-state index >= 15 is 0 Å². The smallest absolute Gasteiger partial charge is 0.331 e. The summed E-state index contributed by atoms with van der Waals surface area (Å²) < 4.78 is 2.13. The second-order valence-electron chi connectivity index (χ2n) is 5.55. The molecule has 0 aliphatic heterocycles. The van der Waals surface area contributed by atoms with Crippen molar-refractivity contribution in [2.45, 2.75) is 19.9 Å². The average molecular weight is 351 g/mol. The number of rotatable bonds is 3. The van der Waals surface area contributed by atoms with Crippen molar-refractivity contribution in [3.05, 3.63) is 49.6 Å². The molecular weight excluding hydrogens is 336 g/mol. The van der Waals surface area contributed by atoms with Crippen molar-refractivity contribution in [1.29, 1.82) is 0 Å². The molecular formula is C15H15BrN2O3. The van der Waals surface area contributed by atoms with E-state index in [0.29, 0.717) is 23.9 Å². The van der Waals surface area contributed by atoms with Gasteiger partial charge in [0.15, 0.2) is 0 Å². The van der Waals surface area contributed by atoms with Crippen molar-refractivity contribution >= 4 is 15.9 Å². The van der Waals surface area contributed by atoms with Crippen molar-refractivity contribution in [2.75, 3.05) is 0 Å². The Morgan fingerprint density at radius 1 is 1.33 bits per heavy atom. The van der Waals surface area contributed by atoms with Gasteiger partial charge in [-0.05, 0) is 36.0 Å². The lowest BCUT2D eigenvalue weighted by Crippen LogP contribution is -2.31. The number of aromatic amines is 1. The lowest BCUT2D eigenvalue weighted by molar-refractivity contribution is 0.391. The van der Waals surface area contributed by atoms with Crippen molar-refractivity contribution in [3.8, 4) is 17.0 Å². The van der Waals surface area contributed by atoms with Crippen LogP contribution in [0.2, 0.25) is 0 Å². The summed E-state index contributed by atoms with van der Waals surface area (Å²) in [5.74, 6) is 0.682. The van der Waals surface area contributed by atoms with Gasteiger partial charge in [0.1, 0.15) is 5.56 Å². The molecule has 5 nitrogen and oxygen atoms in total. The van der Waals surface area contributed by atoms with Crippen LogP contribution in [-0.4, -0.2) is 14.7 Å². The fourth-order valence-corrected chi connectivity index (χ4v) is 2.76. The summed E-state index contributed by atoms with van der Waals surface area (Å²) in [6.07, 6.45) is 1.04. The molecule has 0 spiro atoms. The second-order valence-corrected chi connectivity index (χ2v) is 6.46. The number of nitrogens with zero attached hydrogens (tertiary/aromatic N) is 1. The van der Waals surface area contributed by atoms with E-state index in [1.165, 1.54) is 4.57 Å². The van der Waals surface area contributed by atoms with E-state index in [0.717, 1.165) is 10.9 Å². The molecule has 0 amide bonds. The van der Waals surface area contributed by atoms with Crippen molar-refractivity contribution < 1.29 is 5.11 Å². The van der Waals surface area contributed by atoms with Gasteiger partial charge in [-0.25, -0.2) is 4.79 Å². The van der Waals surface area contributed by atoms with E-state index in [9.17, 15) is 14.7 Å². The van der Waals surface area contributed by atoms with Gasteiger partial charge in [0.05, 0.1) is 0 Å².